The number of carbonyl (C=O) groups is 2. The van der Waals surface area contributed by atoms with Crippen molar-refractivity contribution < 1.29 is 22.8 Å². The van der Waals surface area contributed by atoms with E-state index in [0.29, 0.717) is 13.1 Å². The summed E-state index contributed by atoms with van der Waals surface area (Å²) in [6.07, 6.45) is -4.74. The van der Waals surface area contributed by atoms with E-state index in [9.17, 15) is 22.8 Å². The Balaban J connectivity index is 1.69. The van der Waals surface area contributed by atoms with Gasteiger partial charge in [-0.15, -0.1) is 0 Å². The number of likely N-dealkylation sites (tertiary alicyclic amines) is 1. The summed E-state index contributed by atoms with van der Waals surface area (Å²) in [7, 11) is 0. The van der Waals surface area contributed by atoms with Crippen molar-refractivity contribution in [2.45, 2.75) is 19.0 Å². The van der Waals surface area contributed by atoms with Crippen LogP contribution in [0.2, 0.25) is 0 Å². The van der Waals surface area contributed by atoms with Crippen LogP contribution in [0, 0.1) is 16.7 Å². The lowest BCUT2D eigenvalue weighted by molar-refractivity contribution is -0.205. The average molecular weight is 291 g/mol. The van der Waals surface area contributed by atoms with Crippen molar-refractivity contribution in [2.24, 2.45) is 22.5 Å². The summed E-state index contributed by atoms with van der Waals surface area (Å²) >= 11 is 0. The molecule has 3 aliphatic rings. The zero-order valence-electron chi connectivity index (χ0n) is 10.8. The van der Waals surface area contributed by atoms with Crippen molar-refractivity contribution in [1.82, 2.24) is 10.2 Å². The van der Waals surface area contributed by atoms with E-state index in [1.54, 1.807) is 0 Å². The fraction of sp³-hybridized carbons (Fsp3) is 0.833. The van der Waals surface area contributed by atoms with Crippen molar-refractivity contribution in [2.75, 3.05) is 26.2 Å². The summed E-state index contributed by atoms with van der Waals surface area (Å²) in [6, 6.07) is 0. The standard InChI is InChI=1S/C12H16F3N3O2/c13-12(14,15)11(1-2-11)9(20)18-5-10(6-18)4-17-3-7(10)8(16)19/h7,17H,1-6H2,(H2,16,19). The number of nitrogens with two attached hydrogens (primary N) is 1. The van der Waals surface area contributed by atoms with E-state index >= 15 is 0 Å². The Labute approximate surface area is 113 Å². The fourth-order valence-electron chi connectivity index (χ4n) is 3.44. The molecule has 0 bridgehead atoms. The number of alkyl halides is 3. The third-order valence-corrected chi connectivity index (χ3v) is 4.91. The van der Waals surface area contributed by atoms with Crippen LogP contribution in [0.4, 0.5) is 13.2 Å². The van der Waals surface area contributed by atoms with Crippen molar-refractivity contribution in [1.29, 1.82) is 0 Å². The second-order valence-electron chi connectivity index (χ2n) is 6.19. The highest BCUT2D eigenvalue weighted by atomic mass is 19.4. The van der Waals surface area contributed by atoms with Crippen LogP contribution >= 0.6 is 0 Å². The molecule has 2 saturated heterocycles. The summed E-state index contributed by atoms with van der Waals surface area (Å²) in [5.41, 5.74) is 2.68. The zero-order valence-corrected chi connectivity index (χ0v) is 10.8. The first kappa shape index (κ1) is 13.7. The molecular formula is C12H16F3N3O2. The molecule has 0 aromatic heterocycles. The van der Waals surface area contributed by atoms with Crippen molar-refractivity contribution in [3.8, 4) is 0 Å². The number of halogens is 3. The van der Waals surface area contributed by atoms with Crippen LogP contribution < -0.4 is 11.1 Å². The van der Waals surface area contributed by atoms with E-state index < -0.39 is 34.7 Å². The predicted molar refractivity (Wildman–Crippen MR) is 62.3 cm³/mol. The smallest absolute Gasteiger partial charge is 0.369 e. The molecule has 1 atom stereocenters. The number of nitrogens with one attached hydrogen (secondary N) is 1. The van der Waals surface area contributed by atoms with Gasteiger partial charge in [-0.3, -0.25) is 9.59 Å². The van der Waals surface area contributed by atoms with Crippen LogP contribution in [0.25, 0.3) is 0 Å². The molecule has 1 spiro atoms. The Morgan fingerprint density at radius 2 is 1.85 bits per heavy atom. The summed E-state index contributed by atoms with van der Waals surface area (Å²) < 4.78 is 38.7. The van der Waals surface area contributed by atoms with E-state index in [1.807, 2.05) is 0 Å². The Morgan fingerprint density at radius 3 is 2.30 bits per heavy atom. The van der Waals surface area contributed by atoms with Crippen molar-refractivity contribution >= 4 is 11.8 Å². The number of nitrogens with zero attached hydrogens (tertiary/aromatic N) is 1. The van der Waals surface area contributed by atoms with Crippen molar-refractivity contribution in [3.05, 3.63) is 0 Å². The van der Waals surface area contributed by atoms with Gasteiger partial charge in [-0.2, -0.15) is 13.2 Å². The number of hydrogen-bond acceptors (Lipinski definition) is 3. The Morgan fingerprint density at radius 1 is 1.25 bits per heavy atom. The largest absolute Gasteiger partial charge is 0.403 e. The molecule has 5 nitrogen and oxygen atoms in total. The van der Waals surface area contributed by atoms with E-state index in [2.05, 4.69) is 5.32 Å². The van der Waals surface area contributed by atoms with Crippen LogP contribution in [0.5, 0.6) is 0 Å². The van der Waals surface area contributed by atoms with Gasteiger partial charge < -0.3 is 16.0 Å². The molecular weight excluding hydrogens is 275 g/mol. The normalized spacial score (nSPS) is 30.1. The van der Waals surface area contributed by atoms with Crippen LogP contribution in [0.1, 0.15) is 12.8 Å². The minimum atomic E-state index is -4.48. The third-order valence-electron chi connectivity index (χ3n) is 4.91. The van der Waals surface area contributed by atoms with Crippen molar-refractivity contribution in [3.63, 3.8) is 0 Å². The third kappa shape index (κ3) is 1.66. The average Bonchev–Trinajstić information content (AvgIpc) is 2.98. The van der Waals surface area contributed by atoms with Gasteiger partial charge in [0, 0.05) is 31.6 Å². The Kier molecular flexibility index (Phi) is 2.64. The van der Waals surface area contributed by atoms with E-state index in [-0.39, 0.29) is 25.9 Å². The van der Waals surface area contributed by atoms with Gasteiger partial charge in [0.25, 0.3) is 0 Å². The Hall–Kier alpha value is -1.31. The molecule has 0 aromatic carbocycles. The minimum Gasteiger partial charge on any atom is -0.369 e. The predicted octanol–water partition coefficient (Wildman–Crippen LogP) is -0.138. The summed E-state index contributed by atoms with van der Waals surface area (Å²) in [6.45, 7) is 1.32. The number of amides is 2. The fourth-order valence-corrected chi connectivity index (χ4v) is 3.44. The second kappa shape index (κ2) is 3.87. The molecule has 1 saturated carbocycles. The van der Waals surface area contributed by atoms with Gasteiger partial charge in [0.2, 0.25) is 11.8 Å². The topological polar surface area (TPSA) is 75.4 Å². The molecule has 3 N–H and O–H groups in total. The molecule has 0 radical (unpaired) electrons. The minimum absolute atomic E-state index is 0.129. The molecule has 2 heterocycles. The maximum atomic E-state index is 12.9. The molecule has 112 valence electrons. The van der Waals surface area contributed by atoms with Gasteiger partial charge in [-0.05, 0) is 12.8 Å². The molecule has 2 amide bonds. The molecule has 20 heavy (non-hydrogen) atoms. The van der Waals surface area contributed by atoms with Gasteiger partial charge in [-0.1, -0.05) is 0 Å². The molecule has 3 rings (SSSR count). The SMILES string of the molecule is NC(=O)C1CNCC12CN(C(=O)C1(C(F)(F)F)CC1)C2. The van der Waals surface area contributed by atoms with Crippen LogP contribution in [0.3, 0.4) is 0 Å². The summed E-state index contributed by atoms with van der Waals surface area (Å²) in [5.74, 6) is -1.71. The maximum absolute atomic E-state index is 12.9. The molecule has 2 aliphatic heterocycles. The molecule has 0 aromatic rings. The highest BCUT2D eigenvalue weighted by molar-refractivity contribution is 5.88. The van der Waals surface area contributed by atoms with Gasteiger partial charge in [0.1, 0.15) is 5.41 Å². The summed E-state index contributed by atoms with van der Waals surface area (Å²) in [5, 5.41) is 3.03. The zero-order chi connectivity index (χ0) is 14.8. The first-order valence-electron chi connectivity index (χ1n) is 6.58. The lowest BCUT2D eigenvalue weighted by Crippen LogP contribution is -2.65. The molecule has 3 fully saturated rings. The lowest BCUT2D eigenvalue weighted by atomic mass is 9.70. The lowest BCUT2D eigenvalue weighted by Gasteiger charge is -2.51. The maximum Gasteiger partial charge on any atom is 0.403 e. The molecule has 1 aliphatic carbocycles. The van der Waals surface area contributed by atoms with Gasteiger partial charge >= 0.3 is 6.18 Å². The molecule has 1 unspecified atom stereocenters. The number of carbonyl (C=O) groups excluding carboxylic acids is 2. The summed E-state index contributed by atoms with van der Waals surface area (Å²) in [4.78, 5) is 24.6. The van der Waals surface area contributed by atoms with E-state index in [4.69, 9.17) is 5.73 Å². The van der Waals surface area contributed by atoms with E-state index in [0.717, 1.165) is 0 Å². The second-order valence-corrected chi connectivity index (χ2v) is 6.19. The highest BCUT2D eigenvalue weighted by Gasteiger charge is 2.71. The Bertz CT molecular complexity index is 467. The number of hydrogen-bond donors (Lipinski definition) is 2. The van der Waals surface area contributed by atoms with E-state index in [1.165, 1.54) is 4.90 Å². The van der Waals surface area contributed by atoms with Gasteiger partial charge in [0.05, 0.1) is 5.92 Å². The monoisotopic (exact) mass is 291 g/mol. The van der Waals surface area contributed by atoms with Crippen LogP contribution in [-0.4, -0.2) is 49.1 Å². The first-order valence-corrected chi connectivity index (χ1v) is 6.58. The number of primary amides is 1. The first-order chi connectivity index (χ1) is 9.22. The highest BCUT2D eigenvalue weighted by Crippen LogP contribution is 2.59. The quantitative estimate of drug-likeness (QED) is 0.744. The van der Waals surface area contributed by atoms with Gasteiger partial charge in [-0.25, -0.2) is 0 Å². The van der Waals surface area contributed by atoms with Crippen LogP contribution in [-0.2, 0) is 9.59 Å². The van der Waals surface area contributed by atoms with Gasteiger partial charge in [0.15, 0.2) is 0 Å². The molecule has 8 heteroatoms. The van der Waals surface area contributed by atoms with Crippen LogP contribution in [0.15, 0.2) is 0 Å². The number of rotatable bonds is 2.